The van der Waals surface area contributed by atoms with Crippen molar-refractivity contribution in [1.29, 1.82) is 0 Å². The maximum atomic E-state index is 6.67. The van der Waals surface area contributed by atoms with Gasteiger partial charge in [0.1, 0.15) is 0 Å². The van der Waals surface area contributed by atoms with Crippen LogP contribution >= 0.6 is 0 Å². The number of rotatable bonds is 27. The lowest BCUT2D eigenvalue weighted by Crippen LogP contribution is -2.74. The second-order valence-electron chi connectivity index (χ2n) is 10.6. The predicted octanol–water partition coefficient (Wildman–Crippen LogP) is 9.29. The smallest absolute Gasteiger partial charge is 0.325 e. The van der Waals surface area contributed by atoms with Crippen molar-refractivity contribution in [2.45, 2.75) is 151 Å². The zero-order chi connectivity index (χ0) is 26.3. The Morgan fingerprint density at radius 2 is 0.914 bits per heavy atom. The van der Waals surface area contributed by atoms with E-state index < -0.39 is 8.97 Å². The van der Waals surface area contributed by atoms with Crippen LogP contribution in [0.15, 0.2) is 0 Å². The lowest BCUT2D eigenvalue weighted by molar-refractivity contribution is -0.861. The number of quaternary nitrogens is 1. The molecule has 212 valence electrons. The number of nitrogens with zero attached hydrogens (tertiary/aromatic N) is 1. The number of hydrogen-bond acceptors (Lipinski definition) is 3. The summed E-state index contributed by atoms with van der Waals surface area (Å²) in [6.07, 6.45) is 21.0. The van der Waals surface area contributed by atoms with Gasteiger partial charge < -0.3 is 17.4 Å². The highest BCUT2D eigenvalue weighted by Crippen LogP contribution is 2.32. The van der Waals surface area contributed by atoms with Gasteiger partial charge in [0, 0.05) is 19.8 Å². The van der Waals surface area contributed by atoms with Crippen molar-refractivity contribution in [1.82, 2.24) is 0 Å². The van der Waals surface area contributed by atoms with Crippen molar-refractivity contribution in [3.63, 3.8) is 0 Å². The summed E-state index contributed by atoms with van der Waals surface area (Å²) in [6.45, 7) is 21.1. The maximum Gasteiger partial charge on any atom is 0.784 e. The normalized spacial score (nSPS) is 13.5. The van der Waals surface area contributed by atoms with Crippen LogP contribution in [0.25, 0.3) is 0 Å². The van der Waals surface area contributed by atoms with Crippen molar-refractivity contribution < 1.29 is 17.4 Å². The molecule has 0 spiro atoms. The highest BCUT2D eigenvalue weighted by molar-refractivity contribution is 6.52. The quantitative estimate of drug-likeness (QED) is 0.0804. The first-order valence-corrected chi connectivity index (χ1v) is 17.5. The molecule has 0 aliphatic heterocycles. The standard InChI is InChI=1S/C30H66NO3Si/c1-8-15-18-20-22-27-31(28-23-21-19-16-9-2,29-26-30(24-11-4)25-17-10-3)35(32-12-5,33-13-6)34-14-7/h30H,8-29H2,1-7H3/q+1. The molecule has 0 aromatic rings. The molecule has 5 heteroatoms. The predicted molar refractivity (Wildman–Crippen MR) is 156 cm³/mol. The third kappa shape index (κ3) is 14.0. The third-order valence-corrected chi connectivity index (χ3v) is 11.4. The SMILES string of the molecule is CCCCCCC[N+](CCCCCCC)(CCC(CCC)CCCC)[Si](OCC)(OCC)OCC. The van der Waals surface area contributed by atoms with Crippen LogP contribution in [-0.4, -0.2) is 52.6 Å². The second-order valence-corrected chi connectivity index (χ2v) is 13.4. The Bertz CT molecular complexity index is 418. The highest BCUT2D eigenvalue weighted by atomic mass is 28.4. The Morgan fingerprint density at radius 1 is 0.457 bits per heavy atom. The van der Waals surface area contributed by atoms with E-state index in [0.717, 1.165) is 29.7 Å². The Balaban J connectivity index is 6.05. The van der Waals surface area contributed by atoms with Gasteiger partial charge in [0.25, 0.3) is 0 Å². The van der Waals surface area contributed by atoms with Gasteiger partial charge in [0.15, 0.2) is 0 Å². The van der Waals surface area contributed by atoms with Crippen LogP contribution in [0.2, 0.25) is 0 Å². The monoisotopic (exact) mass is 516 g/mol. The molecule has 1 atom stereocenters. The molecule has 35 heavy (non-hydrogen) atoms. The number of hydrogen-bond donors (Lipinski definition) is 0. The van der Waals surface area contributed by atoms with Gasteiger partial charge in [-0.05, 0) is 58.8 Å². The summed E-state index contributed by atoms with van der Waals surface area (Å²) in [6, 6.07) is 0. The van der Waals surface area contributed by atoms with E-state index in [0.29, 0.717) is 19.8 Å². The molecule has 0 heterocycles. The zero-order valence-electron chi connectivity index (χ0n) is 25.3. The Labute approximate surface area is 222 Å². The first-order valence-electron chi connectivity index (χ1n) is 15.8. The molecule has 0 bridgehead atoms. The fourth-order valence-corrected chi connectivity index (χ4v) is 9.06. The van der Waals surface area contributed by atoms with E-state index in [4.69, 9.17) is 13.3 Å². The molecule has 1 unspecified atom stereocenters. The van der Waals surface area contributed by atoms with E-state index in [9.17, 15) is 0 Å². The lowest BCUT2D eigenvalue weighted by Gasteiger charge is -2.48. The van der Waals surface area contributed by atoms with Gasteiger partial charge in [-0.3, -0.25) is 0 Å². The van der Waals surface area contributed by atoms with Crippen LogP contribution in [0.5, 0.6) is 0 Å². The summed E-state index contributed by atoms with van der Waals surface area (Å²) in [7, 11) is -2.90. The van der Waals surface area contributed by atoms with Crippen LogP contribution in [0.1, 0.15) is 151 Å². The molecule has 0 rings (SSSR count). The minimum atomic E-state index is -2.90. The topological polar surface area (TPSA) is 27.7 Å². The summed E-state index contributed by atoms with van der Waals surface area (Å²) < 4.78 is 21.0. The second kappa shape index (κ2) is 23.2. The summed E-state index contributed by atoms with van der Waals surface area (Å²) in [5.74, 6) is 0.814. The van der Waals surface area contributed by atoms with E-state index >= 15 is 0 Å². The fraction of sp³-hybridized carbons (Fsp3) is 1.00. The van der Waals surface area contributed by atoms with Crippen LogP contribution in [0.3, 0.4) is 0 Å². The van der Waals surface area contributed by atoms with E-state index in [1.54, 1.807) is 0 Å². The summed E-state index contributed by atoms with van der Waals surface area (Å²) >= 11 is 0. The summed E-state index contributed by atoms with van der Waals surface area (Å²) in [5.41, 5.74) is 0. The van der Waals surface area contributed by atoms with Crippen molar-refractivity contribution in [3.8, 4) is 0 Å². The first kappa shape index (κ1) is 35.1. The average Bonchev–Trinajstić information content (AvgIpc) is 2.85. The van der Waals surface area contributed by atoms with Gasteiger partial charge in [-0.25, -0.2) is 0 Å². The molecule has 0 saturated carbocycles. The maximum absolute atomic E-state index is 6.67. The Morgan fingerprint density at radius 3 is 1.31 bits per heavy atom. The van der Waals surface area contributed by atoms with Gasteiger partial charge in [0.05, 0.1) is 19.6 Å². The zero-order valence-corrected chi connectivity index (χ0v) is 26.3. The van der Waals surface area contributed by atoms with Crippen LogP contribution < -0.4 is 0 Å². The third-order valence-electron chi connectivity index (χ3n) is 7.57. The molecule has 0 aromatic heterocycles. The van der Waals surface area contributed by atoms with Gasteiger partial charge >= 0.3 is 8.97 Å². The van der Waals surface area contributed by atoms with Crippen molar-refractivity contribution in [2.75, 3.05) is 39.5 Å². The van der Waals surface area contributed by atoms with Gasteiger partial charge in [0.2, 0.25) is 0 Å². The molecule has 0 fully saturated rings. The molecular weight excluding hydrogens is 450 g/mol. The van der Waals surface area contributed by atoms with E-state index in [2.05, 4.69) is 48.5 Å². The van der Waals surface area contributed by atoms with E-state index in [-0.39, 0.29) is 0 Å². The van der Waals surface area contributed by atoms with Crippen LogP contribution in [0, 0.1) is 5.92 Å². The average molecular weight is 517 g/mol. The minimum Gasteiger partial charge on any atom is -0.325 e. The molecule has 0 amide bonds. The molecule has 0 N–H and O–H groups in total. The van der Waals surface area contributed by atoms with Crippen molar-refractivity contribution in [2.24, 2.45) is 5.92 Å². The molecule has 0 aliphatic carbocycles. The van der Waals surface area contributed by atoms with Crippen molar-refractivity contribution in [3.05, 3.63) is 0 Å². The fourth-order valence-electron chi connectivity index (χ4n) is 5.63. The molecular formula is C30H66NO3Si+. The van der Waals surface area contributed by atoms with Gasteiger partial charge in [-0.1, -0.05) is 98.3 Å². The van der Waals surface area contributed by atoms with Gasteiger partial charge in [-0.15, -0.1) is 0 Å². The van der Waals surface area contributed by atoms with Gasteiger partial charge in [-0.2, -0.15) is 0 Å². The summed E-state index contributed by atoms with van der Waals surface area (Å²) in [5, 5.41) is 0. The highest BCUT2D eigenvalue weighted by Gasteiger charge is 2.64. The van der Waals surface area contributed by atoms with E-state index in [1.165, 1.54) is 103 Å². The molecule has 4 nitrogen and oxygen atoms in total. The largest absolute Gasteiger partial charge is 0.784 e. The number of unbranched alkanes of at least 4 members (excludes halogenated alkanes) is 9. The molecule has 0 radical (unpaired) electrons. The van der Waals surface area contributed by atoms with Crippen LogP contribution in [-0.2, 0) is 13.3 Å². The molecule has 0 aliphatic rings. The molecule has 0 saturated heterocycles. The van der Waals surface area contributed by atoms with Crippen molar-refractivity contribution >= 4 is 8.97 Å². The summed E-state index contributed by atoms with van der Waals surface area (Å²) in [4.78, 5) is 0. The Kier molecular flexibility index (Phi) is 23.2. The van der Waals surface area contributed by atoms with Crippen LogP contribution in [0.4, 0.5) is 0 Å². The Hall–Kier alpha value is 0.0569. The molecule has 0 aromatic carbocycles. The first-order chi connectivity index (χ1) is 17.0. The van der Waals surface area contributed by atoms with E-state index in [1.807, 2.05) is 0 Å². The lowest BCUT2D eigenvalue weighted by atomic mass is 9.93. The minimum absolute atomic E-state index is 0.673.